The number of carbonyl (C=O) groups is 1. The molecule has 160 valence electrons. The standard InChI is InChI=1S/C23H31N5OS/c24-13-10-23(11-14-25-15-12-23)27-22(29)19(16-17-6-2-1-3-7-17)26-21-18-8-4-5-9-20(18)30-28-21/h4-5,8-9,17,19,25H,1-3,6-7,10-12,14-16H2,(H,26,28)(H,27,29). The largest absolute Gasteiger partial charge is 0.357 e. The molecule has 2 aromatic rings. The number of nitrogens with one attached hydrogen (secondary N) is 3. The highest BCUT2D eigenvalue weighted by molar-refractivity contribution is 7.13. The topological polar surface area (TPSA) is 89.8 Å². The van der Waals surface area contributed by atoms with Crippen molar-refractivity contribution in [3.8, 4) is 6.07 Å². The summed E-state index contributed by atoms with van der Waals surface area (Å²) >= 11 is 1.46. The quantitative estimate of drug-likeness (QED) is 0.619. The van der Waals surface area contributed by atoms with E-state index < -0.39 is 5.54 Å². The van der Waals surface area contributed by atoms with E-state index in [2.05, 4.69) is 38.5 Å². The van der Waals surface area contributed by atoms with Crippen LogP contribution in [0.4, 0.5) is 5.82 Å². The minimum absolute atomic E-state index is 0.00908. The zero-order chi connectivity index (χ0) is 20.8. The first kappa shape index (κ1) is 21.1. The van der Waals surface area contributed by atoms with Crippen LogP contribution in [0.2, 0.25) is 0 Å². The molecule has 1 amide bonds. The first-order valence-electron chi connectivity index (χ1n) is 11.2. The van der Waals surface area contributed by atoms with Crippen molar-refractivity contribution in [3.63, 3.8) is 0 Å². The third kappa shape index (κ3) is 4.93. The summed E-state index contributed by atoms with van der Waals surface area (Å²) in [5, 5.41) is 20.6. The molecule has 2 fully saturated rings. The van der Waals surface area contributed by atoms with Gasteiger partial charge in [-0.05, 0) is 61.9 Å². The summed E-state index contributed by atoms with van der Waals surface area (Å²) in [6.07, 6.45) is 8.95. The number of nitriles is 1. The minimum Gasteiger partial charge on any atom is -0.357 e. The van der Waals surface area contributed by atoms with Gasteiger partial charge >= 0.3 is 0 Å². The van der Waals surface area contributed by atoms with Gasteiger partial charge in [0.2, 0.25) is 5.91 Å². The molecule has 2 heterocycles. The molecule has 1 saturated heterocycles. The first-order valence-corrected chi connectivity index (χ1v) is 12.0. The minimum atomic E-state index is -0.423. The van der Waals surface area contributed by atoms with E-state index in [0.717, 1.165) is 48.3 Å². The first-order chi connectivity index (χ1) is 14.7. The number of carbonyl (C=O) groups excluding carboxylic acids is 1. The summed E-state index contributed by atoms with van der Waals surface area (Å²) in [5.74, 6) is 1.37. The highest BCUT2D eigenvalue weighted by Gasteiger charge is 2.36. The van der Waals surface area contributed by atoms with Gasteiger partial charge in [-0.1, -0.05) is 44.2 Å². The second kappa shape index (κ2) is 9.76. The monoisotopic (exact) mass is 425 g/mol. The number of hydrogen-bond acceptors (Lipinski definition) is 6. The summed E-state index contributed by atoms with van der Waals surface area (Å²) < 4.78 is 5.72. The molecular weight excluding hydrogens is 394 g/mol. The van der Waals surface area contributed by atoms with Crippen LogP contribution in [0.5, 0.6) is 0 Å². The van der Waals surface area contributed by atoms with Crippen molar-refractivity contribution < 1.29 is 4.79 Å². The van der Waals surface area contributed by atoms with Gasteiger partial charge in [0.15, 0.2) is 0 Å². The van der Waals surface area contributed by atoms with Crippen molar-refractivity contribution in [1.82, 2.24) is 15.0 Å². The van der Waals surface area contributed by atoms with Crippen LogP contribution in [0.3, 0.4) is 0 Å². The van der Waals surface area contributed by atoms with Crippen LogP contribution < -0.4 is 16.0 Å². The lowest BCUT2D eigenvalue weighted by atomic mass is 9.83. The van der Waals surface area contributed by atoms with Gasteiger partial charge in [0, 0.05) is 5.39 Å². The molecule has 1 aromatic heterocycles. The van der Waals surface area contributed by atoms with Gasteiger partial charge in [0.25, 0.3) is 0 Å². The zero-order valence-corrected chi connectivity index (χ0v) is 18.3. The van der Waals surface area contributed by atoms with Crippen molar-refractivity contribution in [3.05, 3.63) is 24.3 Å². The van der Waals surface area contributed by atoms with Crippen molar-refractivity contribution >= 4 is 33.3 Å². The average Bonchev–Trinajstić information content (AvgIpc) is 3.18. The molecule has 1 unspecified atom stereocenters. The van der Waals surface area contributed by atoms with Gasteiger partial charge < -0.3 is 16.0 Å². The van der Waals surface area contributed by atoms with Crippen LogP contribution in [0.15, 0.2) is 24.3 Å². The summed E-state index contributed by atoms with van der Waals surface area (Å²) in [4.78, 5) is 13.5. The second-order valence-electron chi connectivity index (χ2n) is 8.82. The molecule has 2 aliphatic rings. The number of piperidine rings is 1. The Hall–Kier alpha value is -2.17. The number of fused-ring (bicyclic) bond motifs is 1. The molecule has 0 radical (unpaired) electrons. The molecule has 3 N–H and O–H groups in total. The van der Waals surface area contributed by atoms with E-state index in [4.69, 9.17) is 0 Å². The van der Waals surface area contributed by atoms with Crippen molar-refractivity contribution in [2.45, 2.75) is 69.4 Å². The van der Waals surface area contributed by atoms with Crippen LogP contribution in [0.1, 0.15) is 57.8 Å². The molecule has 0 spiro atoms. The Kier molecular flexibility index (Phi) is 6.86. The number of rotatable bonds is 7. The molecule has 1 aliphatic heterocycles. The third-order valence-electron chi connectivity index (χ3n) is 6.67. The van der Waals surface area contributed by atoms with Gasteiger partial charge in [-0.2, -0.15) is 9.64 Å². The lowest BCUT2D eigenvalue weighted by Crippen LogP contribution is -2.57. The summed E-state index contributed by atoms with van der Waals surface area (Å²) in [7, 11) is 0. The van der Waals surface area contributed by atoms with Crippen LogP contribution in [0, 0.1) is 17.2 Å². The highest BCUT2D eigenvalue weighted by Crippen LogP contribution is 2.31. The second-order valence-corrected chi connectivity index (χ2v) is 9.62. The normalized spacial score (nSPS) is 20.4. The third-order valence-corrected chi connectivity index (χ3v) is 7.49. The van der Waals surface area contributed by atoms with Gasteiger partial charge in [-0.25, -0.2) is 0 Å². The van der Waals surface area contributed by atoms with E-state index in [1.807, 2.05) is 12.1 Å². The molecule has 30 heavy (non-hydrogen) atoms. The molecule has 4 rings (SSSR count). The number of amides is 1. The van der Waals surface area contributed by atoms with Crippen LogP contribution in [-0.4, -0.2) is 35.0 Å². The number of aromatic nitrogens is 1. The fraction of sp³-hybridized carbons (Fsp3) is 0.609. The van der Waals surface area contributed by atoms with Gasteiger partial charge in [0.05, 0.1) is 22.7 Å². The van der Waals surface area contributed by atoms with Crippen LogP contribution in [-0.2, 0) is 4.79 Å². The van der Waals surface area contributed by atoms with Crippen molar-refractivity contribution in [1.29, 1.82) is 5.26 Å². The number of benzene rings is 1. The number of anilines is 1. The van der Waals surface area contributed by atoms with Crippen molar-refractivity contribution in [2.24, 2.45) is 5.92 Å². The molecule has 1 aromatic carbocycles. The molecule has 1 saturated carbocycles. The van der Waals surface area contributed by atoms with E-state index in [9.17, 15) is 10.1 Å². The van der Waals surface area contributed by atoms with E-state index in [0.29, 0.717) is 12.3 Å². The van der Waals surface area contributed by atoms with Crippen molar-refractivity contribution in [2.75, 3.05) is 18.4 Å². The predicted molar refractivity (Wildman–Crippen MR) is 121 cm³/mol. The fourth-order valence-electron chi connectivity index (χ4n) is 4.89. The lowest BCUT2D eigenvalue weighted by molar-refractivity contribution is -0.124. The molecule has 1 atom stereocenters. The Bertz CT molecular complexity index is 892. The Morgan fingerprint density at radius 1 is 1.27 bits per heavy atom. The molecule has 7 heteroatoms. The van der Waals surface area contributed by atoms with E-state index in [-0.39, 0.29) is 11.9 Å². The molecule has 6 nitrogen and oxygen atoms in total. The summed E-state index contributed by atoms with van der Waals surface area (Å²) in [6.45, 7) is 1.67. The predicted octanol–water partition coefficient (Wildman–Crippen LogP) is 4.20. The highest BCUT2D eigenvalue weighted by atomic mass is 32.1. The Balaban J connectivity index is 1.54. The molecular formula is C23H31N5OS. The van der Waals surface area contributed by atoms with E-state index in [1.54, 1.807) is 0 Å². The maximum Gasteiger partial charge on any atom is 0.243 e. The Morgan fingerprint density at radius 2 is 2.03 bits per heavy atom. The maximum atomic E-state index is 13.5. The van der Waals surface area contributed by atoms with Gasteiger partial charge in [0.1, 0.15) is 11.9 Å². The van der Waals surface area contributed by atoms with Crippen LogP contribution in [0.25, 0.3) is 10.1 Å². The average molecular weight is 426 g/mol. The van der Waals surface area contributed by atoms with E-state index in [1.165, 1.54) is 43.6 Å². The molecule has 1 aliphatic carbocycles. The smallest absolute Gasteiger partial charge is 0.243 e. The summed E-state index contributed by atoms with van der Waals surface area (Å²) in [6, 6.07) is 10.1. The van der Waals surface area contributed by atoms with E-state index >= 15 is 0 Å². The Labute approximate surface area is 182 Å². The lowest BCUT2D eigenvalue weighted by Gasteiger charge is -2.38. The zero-order valence-electron chi connectivity index (χ0n) is 17.5. The maximum absolute atomic E-state index is 13.5. The van der Waals surface area contributed by atoms with Gasteiger partial charge in [-0.3, -0.25) is 4.79 Å². The van der Waals surface area contributed by atoms with Gasteiger partial charge in [-0.15, -0.1) is 0 Å². The Morgan fingerprint density at radius 3 is 2.80 bits per heavy atom. The number of nitrogens with zero attached hydrogens (tertiary/aromatic N) is 2. The fourth-order valence-corrected chi connectivity index (χ4v) is 5.64. The summed E-state index contributed by atoms with van der Waals surface area (Å²) in [5.41, 5.74) is -0.423. The molecule has 0 bridgehead atoms. The SMILES string of the molecule is N#CCC1(NC(=O)C(CC2CCCCC2)Nc2nsc3ccccc23)CCNCC1. The number of hydrogen-bond donors (Lipinski definition) is 3. The van der Waals surface area contributed by atoms with Crippen LogP contribution >= 0.6 is 11.5 Å².